The number of rotatable bonds is 3. The Morgan fingerprint density at radius 2 is 1.29 bits per heavy atom. The third-order valence-electron chi connectivity index (χ3n) is 3.79. The van der Waals surface area contributed by atoms with Gasteiger partial charge in [0.1, 0.15) is 0 Å². The summed E-state index contributed by atoms with van der Waals surface area (Å²) < 4.78 is 0. The molecule has 0 bridgehead atoms. The highest BCUT2D eigenvalue weighted by atomic mass is 35.5. The van der Waals surface area contributed by atoms with Gasteiger partial charge >= 0.3 is 0 Å². The lowest BCUT2D eigenvalue weighted by molar-refractivity contribution is 0.389. The summed E-state index contributed by atoms with van der Waals surface area (Å²) >= 11 is 0. The SMILES string of the molecule is Cl.Cl.c1ccc(C(c2ccccc2)[C@H]2CNCCN2)cc1. The second-order valence-corrected chi connectivity index (χ2v) is 5.06. The number of hydrogen-bond acceptors (Lipinski definition) is 2. The molecule has 4 heteroatoms. The molecule has 3 rings (SSSR count). The van der Waals surface area contributed by atoms with E-state index >= 15 is 0 Å². The van der Waals surface area contributed by atoms with Gasteiger partial charge in [0.25, 0.3) is 0 Å². The van der Waals surface area contributed by atoms with Crippen molar-refractivity contribution in [2.75, 3.05) is 19.6 Å². The van der Waals surface area contributed by atoms with Gasteiger partial charge in [-0.1, -0.05) is 60.7 Å². The van der Waals surface area contributed by atoms with Crippen molar-refractivity contribution >= 4 is 24.8 Å². The molecule has 21 heavy (non-hydrogen) atoms. The van der Waals surface area contributed by atoms with E-state index in [1.807, 2.05) is 0 Å². The topological polar surface area (TPSA) is 24.1 Å². The van der Waals surface area contributed by atoms with Crippen LogP contribution in [0.2, 0.25) is 0 Å². The summed E-state index contributed by atoms with van der Waals surface area (Å²) in [6, 6.07) is 22.0. The van der Waals surface area contributed by atoms with Gasteiger partial charge in [-0.3, -0.25) is 0 Å². The van der Waals surface area contributed by atoms with Crippen molar-refractivity contribution in [1.29, 1.82) is 0 Å². The second-order valence-electron chi connectivity index (χ2n) is 5.06. The van der Waals surface area contributed by atoms with Crippen LogP contribution in [0.15, 0.2) is 60.7 Å². The monoisotopic (exact) mass is 324 g/mol. The Morgan fingerprint density at radius 3 is 1.71 bits per heavy atom. The van der Waals surface area contributed by atoms with Crippen LogP contribution in [0.3, 0.4) is 0 Å². The molecule has 0 aliphatic carbocycles. The lowest BCUT2D eigenvalue weighted by Gasteiger charge is -2.32. The predicted molar refractivity (Wildman–Crippen MR) is 93.9 cm³/mol. The first kappa shape index (κ1) is 18.0. The molecule has 2 nitrogen and oxygen atoms in total. The number of nitrogens with one attached hydrogen (secondary N) is 2. The van der Waals surface area contributed by atoms with Gasteiger partial charge in [-0.15, -0.1) is 24.8 Å². The number of piperazine rings is 1. The van der Waals surface area contributed by atoms with Gasteiger partial charge in [0, 0.05) is 31.6 Å². The average Bonchev–Trinajstić information content (AvgIpc) is 2.51. The Labute approximate surface area is 139 Å². The summed E-state index contributed by atoms with van der Waals surface area (Å²) in [5.41, 5.74) is 2.77. The Kier molecular flexibility index (Phi) is 7.76. The van der Waals surface area contributed by atoms with Crippen LogP contribution >= 0.6 is 24.8 Å². The Hall–Kier alpha value is -1.06. The molecule has 0 spiro atoms. The van der Waals surface area contributed by atoms with Crippen molar-refractivity contribution < 1.29 is 0 Å². The van der Waals surface area contributed by atoms with Crippen LogP contribution in [0.4, 0.5) is 0 Å². The molecule has 2 N–H and O–H groups in total. The van der Waals surface area contributed by atoms with Gasteiger partial charge in [-0.25, -0.2) is 0 Å². The summed E-state index contributed by atoms with van der Waals surface area (Å²) in [6.45, 7) is 3.13. The zero-order valence-corrected chi connectivity index (χ0v) is 13.5. The van der Waals surface area contributed by atoms with Crippen molar-refractivity contribution in [1.82, 2.24) is 10.6 Å². The smallest absolute Gasteiger partial charge is 0.0302 e. The van der Waals surface area contributed by atoms with Crippen molar-refractivity contribution in [3.63, 3.8) is 0 Å². The van der Waals surface area contributed by atoms with Crippen LogP contribution < -0.4 is 10.6 Å². The summed E-state index contributed by atoms with van der Waals surface area (Å²) in [5.74, 6) is 0.412. The van der Waals surface area contributed by atoms with Crippen molar-refractivity contribution in [2.24, 2.45) is 0 Å². The van der Waals surface area contributed by atoms with E-state index in [-0.39, 0.29) is 24.8 Å². The molecule has 0 unspecified atom stereocenters. The standard InChI is InChI=1S/C17H20N2.2ClH/c1-3-7-14(8-4-1)17(15-9-5-2-6-10-15)16-13-18-11-12-19-16;;/h1-10,16-19H,11-13H2;2*1H/t16-;;/m1../s1. The molecule has 0 aromatic heterocycles. The third kappa shape index (κ3) is 4.45. The first-order valence-corrected chi connectivity index (χ1v) is 6.99. The fourth-order valence-electron chi connectivity index (χ4n) is 2.89. The minimum atomic E-state index is 0. The fourth-order valence-corrected chi connectivity index (χ4v) is 2.89. The maximum absolute atomic E-state index is 3.65. The van der Waals surface area contributed by atoms with Gasteiger partial charge in [-0.05, 0) is 11.1 Å². The van der Waals surface area contributed by atoms with Gasteiger partial charge in [0.15, 0.2) is 0 Å². The molecular formula is C17H22Cl2N2. The van der Waals surface area contributed by atoms with E-state index < -0.39 is 0 Å². The highest BCUT2D eigenvalue weighted by Crippen LogP contribution is 2.28. The molecule has 0 amide bonds. The second kappa shape index (κ2) is 9.06. The number of hydrogen-bond donors (Lipinski definition) is 2. The van der Waals surface area contributed by atoms with E-state index in [0.29, 0.717) is 12.0 Å². The maximum Gasteiger partial charge on any atom is 0.0302 e. The van der Waals surface area contributed by atoms with Crippen LogP contribution in [0.25, 0.3) is 0 Å². The molecule has 1 fully saturated rings. The molecule has 0 radical (unpaired) electrons. The van der Waals surface area contributed by atoms with Crippen LogP contribution in [-0.4, -0.2) is 25.7 Å². The quantitative estimate of drug-likeness (QED) is 0.905. The maximum atomic E-state index is 3.65. The Balaban J connectivity index is 0.00000110. The van der Waals surface area contributed by atoms with E-state index in [1.165, 1.54) is 11.1 Å². The van der Waals surface area contributed by atoms with Crippen LogP contribution in [0.1, 0.15) is 17.0 Å². The fraction of sp³-hybridized carbons (Fsp3) is 0.294. The van der Waals surface area contributed by atoms with E-state index in [4.69, 9.17) is 0 Å². The summed E-state index contributed by atoms with van der Waals surface area (Å²) in [4.78, 5) is 0. The van der Waals surface area contributed by atoms with E-state index in [1.54, 1.807) is 0 Å². The highest BCUT2D eigenvalue weighted by Gasteiger charge is 2.25. The first-order valence-electron chi connectivity index (χ1n) is 6.99. The molecular weight excluding hydrogens is 303 g/mol. The molecule has 1 aliphatic rings. The van der Waals surface area contributed by atoms with E-state index in [2.05, 4.69) is 71.3 Å². The predicted octanol–water partition coefficient (Wildman–Crippen LogP) is 3.22. The molecule has 0 saturated carbocycles. The largest absolute Gasteiger partial charge is 0.314 e. The number of halogens is 2. The third-order valence-corrected chi connectivity index (χ3v) is 3.79. The lowest BCUT2D eigenvalue weighted by atomic mass is 9.84. The zero-order valence-electron chi connectivity index (χ0n) is 11.9. The highest BCUT2D eigenvalue weighted by molar-refractivity contribution is 5.85. The van der Waals surface area contributed by atoms with Gasteiger partial charge in [0.05, 0.1) is 0 Å². The Morgan fingerprint density at radius 1 is 0.762 bits per heavy atom. The molecule has 1 heterocycles. The zero-order chi connectivity index (χ0) is 12.9. The normalized spacial score (nSPS) is 17.7. The van der Waals surface area contributed by atoms with Crippen molar-refractivity contribution in [3.8, 4) is 0 Å². The summed E-state index contributed by atoms with van der Waals surface area (Å²) in [7, 11) is 0. The van der Waals surface area contributed by atoms with Gasteiger partial charge in [0.2, 0.25) is 0 Å². The minimum absolute atomic E-state index is 0. The molecule has 114 valence electrons. The molecule has 1 aliphatic heterocycles. The van der Waals surface area contributed by atoms with Gasteiger partial charge < -0.3 is 10.6 Å². The number of benzene rings is 2. The minimum Gasteiger partial charge on any atom is -0.314 e. The molecule has 2 aromatic carbocycles. The molecule has 1 atom stereocenters. The molecule has 1 saturated heterocycles. The average molecular weight is 325 g/mol. The van der Waals surface area contributed by atoms with E-state index in [9.17, 15) is 0 Å². The van der Waals surface area contributed by atoms with Crippen LogP contribution in [-0.2, 0) is 0 Å². The summed E-state index contributed by atoms with van der Waals surface area (Å²) in [5, 5.41) is 7.15. The van der Waals surface area contributed by atoms with Gasteiger partial charge in [-0.2, -0.15) is 0 Å². The Bertz CT molecular complexity index is 459. The first-order chi connectivity index (χ1) is 9.45. The molecule has 2 aromatic rings. The van der Waals surface area contributed by atoms with Crippen LogP contribution in [0, 0.1) is 0 Å². The van der Waals surface area contributed by atoms with Crippen LogP contribution in [0.5, 0.6) is 0 Å². The van der Waals surface area contributed by atoms with E-state index in [0.717, 1.165) is 19.6 Å². The lowest BCUT2D eigenvalue weighted by Crippen LogP contribution is -2.51. The van der Waals surface area contributed by atoms with Crippen molar-refractivity contribution in [3.05, 3.63) is 71.8 Å². The van der Waals surface area contributed by atoms with Crippen molar-refractivity contribution in [2.45, 2.75) is 12.0 Å². The summed E-state index contributed by atoms with van der Waals surface area (Å²) in [6.07, 6.45) is 0.